The second kappa shape index (κ2) is 5.57. The van der Waals surface area contributed by atoms with E-state index in [4.69, 9.17) is 10.2 Å². The van der Waals surface area contributed by atoms with Crippen LogP contribution in [0.3, 0.4) is 0 Å². The van der Waals surface area contributed by atoms with Crippen LogP contribution in [0.15, 0.2) is 0 Å². The number of hydrogen-bond acceptors (Lipinski definition) is 2. The summed E-state index contributed by atoms with van der Waals surface area (Å²) in [6.07, 6.45) is 2.84. The molecule has 0 spiro atoms. The quantitative estimate of drug-likeness (QED) is 0.632. The first kappa shape index (κ1) is 10.9. The number of aliphatic carboxylic acids is 2. The number of unbranched alkanes of at least 4 members (excludes halogenated alkanes) is 1. The van der Waals surface area contributed by atoms with Crippen molar-refractivity contribution in [3.8, 4) is 0 Å². The topological polar surface area (TPSA) is 74.6 Å². The molecule has 0 aromatic carbocycles. The molecule has 4 heteroatoms. The maximum atomic E-state index is 10.4. The second-order valence-electron chi connectivity index (χ2n) is 2.59. The van der Waals surface area contributed by atoms with Crippen molar-refractivity contribution in [1.82, 2.24) is 0 Å². The molecular formula is C8H13O4. The zero-order chi connectivity index (χ0) is 9.56. The Labute approximate surface area is 71.2 Å². The van der Waals surface area contributed by atoms with Gasteiger partial charge in [0.1, 0.15) is 0 Å². The van der Waals surface area contributed by atoms with E-state index in [1.165, 1.54) is 0 Å². The second-order valence-corrected chi connectivity index (χ2v) is 2.59. The first-order valence-corrected chi connectivity index (χ1v) is 3.88. The van der Waals surface area contributed by atoms with Crippen LogP contribution in [-0.4, -0.2) is 22.2 Å². The van der Waals surface area contributed by atoms with Gasteiger partial charge in [-0.05, 0) is 6.42 Å². The highest BCUT2D eigenvalue weighted by atomic mass is 16.4. The van der Waals surface area contributed by atoms with E-state index >= 15 is 0 Å². The lowest BCUT2D eigenvalue weighted by Crippen LogP contribution is -2.18. The van der Waals surface area contributed by atoms with Crippen molar-refractivity contribution in [2.75, 3.05) is 0 Å². The van der Waals surface area contributed by atoms with Gasteiger partial charge in [-0.2, -0.15) is 0 Å². The van der Waals surface area contributed by atoms with Crippen LogP contribution in [0, 0.1) is 12.3 Å². The van der Waals surface area contributed by atoms with Gasteiger partial charge < -0.3 is 10.2 Å². The van der Waals surface area contributed by atoms with Crippen molar-refractivity contribution in [1.29, 1.82) is 0 Å². The van der Waals surface area contributed by atoms with Gasteiger partial charge in [-0.25, -0.2) is 0 Å². The summed E-state index contributed by atoms with van der Waals surface area (Å²) < 4.78 is 0. The van der Waals surface area contributed by atoms with Gasteiger partial charge in [0.25, 0.3) is 0 Å². The van der Waals surface area contributed by atoms with E-state index < -0.39 is 17.9 Å². The van der Waals surface area contributed by atoms with Crippen LogP contribution >= 0.6 is 0 Å². The minimum absolute atomic E-state index is 0.401. The lowest BCUT2D eigenvalue weighted by molar-refractivity contribution is -0.144. The van der Waals surface area contributed by atoms with Crippen LogP contribution in [0.1, 0.15) is 26.2 Å². The van der Waals surface area contributed by atoms with Crippen molar-refractivity contribution >= 4 is 11.9 Å². The van der Waals surface area contributed by atoms with Crippen LogP contribution in [0.2, 0.25) is 0 Å². The lowest BCUT2D eigenvalue weighted by Gasteiger charge is -2.07. The standard InChI is InChI=1S/C8H13O4/c1-2-3-4-6(8(11)12)5-7(9)10/h5-6H,2-4H2,1H3,(H,9,10)(H,11,12). The Morgan fingerprint density at radius 1 is 1.42 bits per heavy atom. The molecule has 0 saturated carbocycles. The van der Waals surface area contributed by atoms with Crippen molar-refractivity contribution in [2.45, 2.75) is 26.2 Å². The number of carboxylic acids is 2. The largest absolute Gasteiger partial charge is 0.481 e. The molecule has 0 heterocycles. The van der Waals surface area contributed by atoms with Gasteiger partial charge in [-0.1, -0.05) is 19.8 Å². The molecular weight excluding hydrogens is 160 g/mol. The van der Waals surface area contributed by atoms with E-state index in [0.717, 1.165) is 19.3 Å². The third-order valence-corrected chi connectivity index (χ3v) is 1.53. The van der Waals surface area contributed by atoms with Crippen molar-refractivity contribution in [3.05, 3.63) is 6.42 Å². The molecule has 1 radical (unpaired) electrons. The lowest BCUT2D eigenvalue weighted by atomic mass is 9.99. The maximum absolute atomic E-state index is 10.4. The van der Waals surface area contributed by atoms with Crippen molar-refractivity contribution < 1.29 is 19.8 Å². The van der Waals surface area contributed by atoms with E-state index in [1.807, 2.05) is 6.92 Å². The van der Waals surface area contributed by atoms with E-state index in [-0.39, 0.29) is 0 Å². The third-order valence-electron chi connectivity index (χ3n) is 1.53. The fourth-order valence-electron chi connectivity index (χ4n) is 0.874. The summed E-state index contributed by atoms with van der Waals surface area (Å²) in [5.41, 5.74) is 0. The van der Waals surface area contributed by atoms with Crippen LogP contribution < -0.4 is 0 Å². The first-order chi connectivity index (χ1) is 5.57. The highest BCUT2D eigenvalue weighted by Crippen LogP contribution is 2.11. The van der Waals surface area contributed by atoms with Crippen molar-refractivity contribution in [3.63, 3.8) is 0 Å². The van der Waals surface area contributed by atoms with E-state index in [9.17, 15) is 9.59 Å². The Kier molecular flexibility index (Phi) is 5.08. The van der Waals surface area contributed by atoms with Crippen LogP contribution in [0.25, 0.3) is 0 Å². The SMILES string of the molecule is CCCCC([CH]C(=O)O)C(=O)O. The molecule has 12 heavy (non-hydrogen) atoms. The van der Waals surface area contributed by atoms with Crippen LogP contribution in [0.5, 0.6) is 0 Å². The smallest absolute Gasteiger partial charge is 0.308 e. The molecule has 0 aliphatic heterocycles. The molecule has 0 rings (SSSR count). The minimum Gasteiger partial charge on any atom is -0.481 e. The molecule has 0 saturated heterocycles. The van der Waals surface area contributed by atoms with Gasteiger partial charge in [-0.15, -0.1) is 0 Å². The van der Waals surface area contributed by atoms with E-state index in [2.05, 4.69) is 0 Å². The summed E-state index contributed by atoms with van der Waals surface area (Å²) in [7, 11) is 0. The molecule has 1 atom stereocenters. The highest BCUT2D eigenvalue weighted by Gasteiger charge is 2.20. The molecule has 0 aliphatic carbocycles. The third kappa shape index (κ3) is 4.71. The zero-order valence-corrected chi connectivity index (χ0v) is 6.99. The maximum Gasteiger partial charge on any atom is 0.308 e. The Hall–Kier alpha value is -1.06. The Balaban J connectivity index is 3.87. The molecule has 69 valence electrons. The van der Waals surface area contributed by atoms with E-state index in [0.29, 0.717) is 6.42 Å². The first-order valence-electron chi connectivity index (χ1n) is 3.88. The fraction of sp³-hybridized carbons (Fsp3) is 0.625. The Morgan fingerprint density at radius 3 is 2.33 bits per heavy atom. The molecule has 0 amide bonds. The Bertz CT molecular complexity index is 164. The minimum atomic E-state index is -1.17. The molecule has 0 bridgehead atoms. The number of carbonyl (C=O) groups is 2. The monoisotopic (exact) mass is 173 g/mol. The van der Waals surface area contributed by atoms with Crippen LogP contribution in [0.4, 0.5) is 0 Å². The van der Waals surface area contributed by atoms with Gasteiger partial charge in [0.15, 0.2) is 0 Å². The van der Waals surface area contributed by atoms with Crippen LogP contribution in [-0.2, 0) is 9.59 Å². The van der Waals surface area contributed by atoms with Gasteiger partial charge in [0, 0.05) is 0 Å². The molecule has 0 aliphatic rings. The molecule has 0 aromatic heterocycles. The molecule has 0 fully saturated rings. The summed E-state index contributed by atoms with van der Waals surface area (Å²) >= 11 is 0. The Morgan fingerprint density at radius 2 is 2.00 bits per heavy atom. The van der Waals surface area contributed by atoms with Gasteiger partial charge in [0.2, 0.25) is 0 Å². The van der Waals surface area contributed by atoms with E-state index in [1.54, 1.807) is 0 Å². The molecule has 2 N–H and O–H groups in total. The summed E-state index contributed by atoms with van der Waals surface area (Å²) in [5, 5.41) is 16.9. The fourth-order valence-corrected chi connectivity index (χ4v) is 0.874. The summed E-state index contributed by atoms with van der Waals surface area (Å²) in [6, 6.07) is 0. The van der Waals surface area contributed by atoms with Gasteiger partial charge in [0.05, 0.1) is 12.3 Å². The van der Waals surface area contributed by atoms with Crippen molar-refractivity contribution in [2.24, 2.45) is 5.92 Å². The predicted molar refractivity (Wildman–Crippen MR) is 42.6 cm³/mol. The number of rotatable bonds is 6. The van der Waals surface area contributed by atoms with Gasteiger partial charge >= 0.3 is 11.9 Å². The molecule has 0 aromatic rings. The predicted octanol–water partition coefficient (Wildman–Crippen LogP) is 1.17. The normalized spacial score (nSPS) is 12.4. The summed E-state index contributed by atoms with van der Waals surface area (Å²) in [4.78, 5) is 20.6. The summed E-state index contributed by atoms with van der Waals surface area (Å²) in [5.74, 6) is -3.08. The van der Waals surface area contributed by atoms with Gasteiger partial charge in [-0.3, -0.25) is 9.59 Å². The number of carboxylic acid groups (broad SMARTS) is 2. The molecule has 1 unspecified atom stereocenters. The average Bonchev–Trinajstić information content (AvgIpc) is 1.96. The molecule has 4 nitrogen and oxygen atoms in total. The number of hydrogen-bond donors (Lipinski definition) is 2. The average molecular weight is 173 g/mol. The zero-order valence-electron chi connectivity index (χ0n) is 6.99. The summed E-state index contributed by atoms with van der Waals surface area (Å²) in [6.45, 7) is 1.93. The highest BCUT2D eigenvalue weighted by molar-refractivity contribution is 5.85.